The first-order chi connectivity index (χ1) is 25.3. The molecule has 0 spiro atoms. The molecule has 52 heavy (non-hydrogen) atoms. The molecule has 8 aromatic rings. The summed E-state index contributed by atoms with van der Waals surface area (Å²) in [5, 5.41) is 8.36. The molecular weight excluding hydrogens is 730 g/mol. The molecule has 0 radical (unpaired) electrons. The van der Waals surface area contributed by atoms with Gasteiger partial charge in [-0.1, -0.05) is 0 Å². The molecule has 0 aromatic heterocycles. The normalized spacial score (nSPS) is 12.2. The summed E-state index contributed by atoms with van der Waals surface area (Å²) in [7, 11) is 0. The Labute approximate surface area is 319 Å². The maximum atomic E-state index is 2.44. The monoisotopic (exact) mass is 771 g/mol. The summed E-state index contributed by atoms with van der Waals surface area (Å²) in [5.41, 5.74) is 3.79. The van der Waals surface area contributed by atoms with Crippen molar-refractivity contribution in [1.82, 2.24) is 0 Å². The van der Waals surface area contributed by atoms with Crippen LogP contribution in [0.3, 0.4) is 0 Å². The average molecular weight is 773 g/mol. The Morgan fingerprint density at radius 2 is 0.558 bits per heavy atom. The Bertz CT molecular complexity index is 2100. The molecule has 8 rings (SSSR count). The summed E-state index contributed by atoms with van der Waals surface area (Å²) in [6.45, 7) is -2.70. The molecule has 0 aliphatic carbocycles. The minimum absolute atomic E-state index is 0. The van der Waals surface area contributed by atoms with Gasteiger partial charge in [-0.3, -0.25) is 0 Å². The summed E-state index contributed by atoms with van der Waals surface area (Å²) < 4.78 is 0. The number of rotatable bonds is 10. The maximum absolute atomic E-state index is 3.77. The van der Waals surface area contributed by atoms with E-state index in [4.69, 9.17) is 0 Å². The minimum atomic E-state index is -3.77. The molecule has 0 saturated carbocycles. The van der Waals surface area contributed by atoms with Gasteiger partial charge in [-0.05, 0) is 0 Å². The Hall–Kier alpha value is -4.90. The Morgan fingerprint density at radius 1 is 0.288 bits per heavy atom. The van der Waals surface area contributed by atoms with Crippen molar-refractivity contribution in [2.75, 3.05) is 0 Å². The number of hydrogen-bond donors (Lipinski definition) is 0. The molecule has 0 nitrogen and oxygen atoms in total. The van der Waals surface area contributed by atoms with Gasteiger partial charge in [-0.25, -0.2) is 0 Å². The van der Waals surface area contributed by atoms with E-state index in [1.54, 1.807) is 0 Å². The van der Waals surface area contributed by atoms with Crippen molar-refractivity contribution in [2.45, 2.75) is 6.16 Å². The van der Waals surface area contributed by atoms with Gasteiger partial charge < -0.3 is 0 Å². The first kappa shape index (κ1) is 35.5. The van der Waals surface area contributed by atoms with Crippen LogP contribution in [-0.4, -0.2) is 0 Å². The molecule has 0 fully saturated rings. The van der Waals surface area contributed by atoms with Gasteiger partial charge in [0.05, 0.1) is 0 Å². The number of halogens is 1. The van der Waals surface area contributed by atoms with Gasteiger partial charge >= 0.3 is 305 Å². The average Bonchev–Trinajstić information content (AvgIpc) is 3.23. The molecule has 0 amide bonds. The summed E-state index contributed by atoms with van der Waals surface area (Å²) in [6.07, 6.45) is -2.92. The zero-order valence-corrected chi connectivity index (χ0v) is 32.5. The summed E-state index contributed by atoms with van der Waals surface area (Å²) in [5.74, 6) is 0. The predicted molar refractivity (Wildman–Crippen MR) is 236 cm³/mol. The molecule has 254 valence electrons. The fraction of sp³-hybridized carbons (Fsp3) is 0.0204. The zero-order valence-electron chi connectivity index (χ0n) is 29.0. The Kier molecular flexibility index (Phi) is 10.5. The molecule has 0 unspecified atom stereocenters. The van der Waals surface area contributed by atoms with E-state index in [2.05, 4.69) is 237 Å². The van der Waals surface area contributed by atoms with Crippen LogP contribution in [0, 0.1) is 0 Å². The third kappa shape index (κ3) is 5.60. The van der Waals surface area contributed by atoms with Crippen molar-refractivity contribution in [3.63, 3.8) is 0 Å². The van der Waals surface area contributed by atoms with Gasteiger partial charge in [0.1, 0.15) is 0 Å². The van der Waals surface area contributed by atoms with Gasteiger partial charge in [0, 0.05) is 0 Å². The van der Waals surface area contributed by atoms with Crippen LogP contribution in [-0.2, 0) is 6.16 Å². The zero-order chi connectivity index (χ0) is 34.4. The second-order valence-corrected chi connectivity index (χ2v) is 24.8. The molecule has 0 bridgehead atoms. The Morgan fingerprint density at radius 3 is 0.885 bits per heavy atom. The second-order valence-electron chi connectivity index (χ2n) is 13.1. The van der Waals surface area contributed by atoms with Crippen LogP contribution < -0.4 is 31.8 Å². The van der Waals surface area contributed by atoms with Crippen molar-refractivity contribution >= 4 is 62.1 Å². The third-order valence-corrected chi connectivity index (χ3v) is 28.8. The second kappa shape index (κ2) is 15.4. The molecule has 0 aliphatic heterocycles. The van der Waals surface area contributed by atoms with E-state index in [1.165, 1.54) is 48.5 Å². The molecule has 0 saturated heterocycles. The van der Waals surface area contributed by atoms with E-state index < -0.39 is 13.2 Å². The van der Waals surface area contributed by atoms with Crippen LogP contribution in [0.15, 0.2) is 237 Å². The molecule has 8 aromatic carbocycles. The van der Waals surface area contributed by atoms with Crippen LogP contribution in [0.4, 0.5) is 0 Å². The van der Waals surface area contributed by atoms with Crippen molar-refractivity contribution in [1.29, 1.82) is 0 Å². The van der Waals surface area contributed by atoms with Crippen LogP contribution >= 0.6 is 30.2 Å². The summed E-state index contributed by atoms with van der Waals surface area (Å²) in [6, 6.07) is 89.4. The van der Waals surface area contributed by atoms with E-state index in [-0.39, 0.29) is 17.0 Å². The quantitative estimate of drug-likeness (QED) is 0.122. The van der Waals surface area contributed by atoms with Crippen molar-refractivity contribution < 1.29 is 0 Å². The van der Waals surface area contributed by atoms with Crippen LogP contribution in [0.2, 0.25) is 0 Å². The van der Waals surface area contributed by atoms with Gasteiger partial charge in [0.2, 0.25) is 0 Å². The fourth-order valence-corrected chi connectivity index (χ4v) is 30.1. The standard InChI is InChI=1S/C49H41P2.BrH/c1-8-22-42(23-9-1)43-38-36-41(37-39-43)40-51(47-30-16-5-17-31-47,48-32-18-6-19-33-48,49-34-20-7-21-35-49)50(44-24-10-2-11-25-44,45-26-12-3-13-27-45)46-28-14-4-15-29-46;/h1-39H,40H2;1H/q+1;. The number of benzene rings is 8. The van der Waals surface area contributed by atoms with Gasteiger partial charge in [-0.2, -0.15) is 0 Å². The van der Waals surface area contributed by atoms with Crippen molar-refractivity contribution in [3.8, 4) is 11.1 Å². The van der Waals surface area contributed by atoms with Crippen molar-refractivity contribution in [3.05, 3.63) is 242 Å². The molecule has 0 atom stereocenters. The summed E-state index contributed by atoms with van der Waals surface area (Å²) in [4.78, 5) is 0. The Balaban J connectivity index is 0.00000420. The van der Waals surface area contributed by atoms with Gasteiger partial charge in [0.15, 0.2) is 0 Å². The number of hydrogen-bond acceptors (Lipinski definition) is 0. The SMILES string of the molecule is Br.c1ccc(-c2ccc(CP(c3ccccc3)(c3ccccc3)(c3ccccc3)[P+](c3ccccc3)(c3ccccc3)c3ccccc3)cc2)cc1. The third-order valence-electron chi connectivity index (χ3n) is 10.5. The van der Waals surface area contributed by atoms with E-state index in [0.717, 1.165) is 6.16 Å². The molecular formula is C49H42BrP2+. The molecule has 0 aliphatic rings. The fourth-order valence-electron chi connectivity index (χ4n) is 8.53. The van der Waals surface area contributed by atoms with E-state index in [1.807, 2.05) is 0 Å². The first-order valence-corrected chi connectivity index (χ1v) is 22.6. The van der Waals surface area contributed by atoms with Crippen molar-refractivity contribution in [2.24, 2.45) is 0 Å². The van der Waals surface area contributed by atoms with E-state index in [0.29, 0.717) is 0 Å². The van der Waals surface area contributed by atoms with Crippen LogP contribution in [0.1, 0.15) is 5.56 Å². The van der Waals surface area contributed by atoms with Gasteiger partial charge in [-0.15, -0.1) is 17.0 Å². The molecule has 0 heterocycles. The van der Waals surface area contributed by atoms with Crippen LogP contribution in [0.5, 0.6) is 0 Å². The van der Waals surface area contributed by atoms with Gasteiger partial charge in [0.25, 0.3) is 0 Å². The van der Waals surface area contributed by atoms with Crippen LogP contribution in [0.25, 0.3) is 11.1 Å². The van der Waals surface area contributed by atoms with E-state index in [9.17, 15) is 0 Å². The topological polar surface area (TPSA) is 0 Å². The molecule has 3 heteroatoms. The van der Waals surface area contributed by atoms with E-state index >= 15 is 0 Å². The summed E-state index contributed by atoms with van der Waals surface area (Å²) >= 11 is 0. The molecule has 0 N–H and O–H groups in total. The predicted octanol–water partition coefficient (Wildman–Crippen LogP) is 10.9. The first-order valence-electron chi connectivity index (χ1n) is 17.7.